The molecule has 112 valence electrons. The van der Waals surface area contributed by atoms with Gasteiger partial charge in [0.2, 0.25) is 0 Å². The maximum Gasteiger partial charge on any atom is 0.148 e. The highest BCUT2D eigenvalue weighted by Gasteiger charge is 2.31. The number of anilines is 2. The van der Waals surface area contributed by atoms with Crippen LogP contribution in [0.2, 0.25) is 0 Å². The van der Waals surface area contributed by atoms with E-state index in [4.69, 9.17) is 10.8 Å². The van der Waals surface area contributed by atoms with E-state index in [1.165, 1.54) is 25.7 Å². The second-order valence-corrected chi connectivity index (χ2v) is 5.61. The van der Waals surface area contributed by atoms with Crippen LogP contribution >= 0.6 is 0 Å². The third-order valence-electron chi connectivity index (χ3n) is 3.79. The zero-order valence-corrected chi connectivity index (χ0v) is 12.9. The summed E-state index contributed by atoms with van der Waals surface area (Å²) in [5.74, 6) is 8.35. The first kappa shape index (κ1) is 15.0. The third-order valence-corrected chi connectivity index (χ3v) is 3.79. The molecule has 1 aliphatic carbocycles. The van der Waals surface area contributed by atoms with Gasteiger partial charge < -0.3 is 10.3 Å². The van der Waals surface area contributed by atoms with Crippen molar-refractivity contribution in [2.45, 2.75) is 65.3 Å². The zero-order chi connectivity index (χ0) is 14.5. The van der Waals surface area contributed by atoms with Gasteiger partial charge in [-0.2, -0.15) is 0 Å². The lowest BCUT2D eigenvalue weighted by Crippen LogP contribution is -2.29. The average molecular weight is 277 g/mol. The van der Waals surface area contributed by atoms with Crippen molar-refractivity contribution in [1.29, 1.82) is 0 Å². The molecule has 1 heterocycles. The Morgan fingerprint density at radius 1 is 1.25 bits per heavy atom. The molecule has 1 saturated carbocycles. The molecule has 3 N–H and O–H groups in total. The summed E-state index contributed by atoms with van der Waals surface area (Å²) < 4.78 is 0. The lowest BCUT2D eigenvalue weighted by atomic mass is 10.2. The summed E-state index contributed by atoms with van der Waals surface area (Å²) in [6, 6.07) is 0.662. The van der Waals surface area contributed by atoms with Crippen molar-refractivity contribution in [3.63, 3.8) is 0 Å². The predicted molar refractivity (Wildman–Crippen MR) is 83.9 cm³/mol. The van der Waals surface area contributed by atoms with Crippen LogP contribution in [0.4, 0.5) is 11.6 Å². The van der Waals surface area contributed by atoms with Crippen LogP contribution in [0.5, 0.6) is 0 Å². The van der Waals surface area contributed by atoms with E-state index in [1.54, 1.807) is 0 Å². The molecule has 0 spiro atoms. The van der Waals surface area contributed by atoms with Crippen molar-refractivity contribution in [1.82, 2.24) is 9.97 Å². The molecule has 0 bridgehead atoms. The van der Waals surface area contributed by atoms with Crippen LogP contribution < -0.4 is 16.2 Å². The van der Waals surface area contributed by atoms with Crippen molar-refractivity contribution in [2.24, 2.45) is 5.84 Å². The normalized spacial score (nSPS) is 14.4. The zero-order valence-electron chi connectivity index (χ0n) is 12.9. The van der Waals surface area contributed by atoms with E-state index < -0.39 is 0 Å². The summed E-state index contributed by atoms with van der Waals surface area (Å²) in [6.07, 6.45) is 6.91. The van der Waals surface area contributed by atoms with Crippen LogP contribution in [-0.4, -0.2) is 22.6 Å². The molecule has 5 heteroatoms. The highest BCUT2D eigenvalue weighted by atomic mass is 15.3. The molecule has 1 aromatic rings. The van der Waals surface area contributed by atoms with E-state index in [0.717, 1.165) is 42.4 Å². The van der Waals surface area contributed by atoms with E-state index in [1.807, 2.05) is 0 Å². The fourth-order valence-electron chi connectivity index (χ4n) is 2.48. The summed E-state index contributed by atoms with van der Waals surface area (Å²) in [5.41, 5.74) is 3.79. The standard InChI is InChI=1S/C15H27N5/c1-4-6-10-20(12-8-9-12)15-11(3)14(19-16)17-13(18-15)7-5-2/h12H,4-10,16H2,1-3H3,(H,17,18,19). The molecule has 0 unspecified atom stereocenters. The van der Waals surface area contributed by atoms with Crippen LogP contribution in [0, 0.1) is 6.92 Å². The SMILES string of the molecule is CCCCN(c1nc(CCC)nc(NN)c1C)C1CC1. The number of nitrogens with one attached hydrogen (secondary N) is 1. The molecule has 0 aromatic carbocycles. The summed E-state index contributed by atoms with van der Waals surface area (Å²) in [5, 5.41) is 0. The van der Waals surface area contributed by atoms with Gasteiger partial charge in [-0.15, -0.1) is 0 Å². The maximum absolute atomic E-state index is 5.62. The first-order valence-corrected chi connectivity index (χ1v) is 7.82. The first-order valence-electron chi connectivity index (χ1n) is 7.82. The molecule has 0 amide bonds. The molecule has 1 aromatic heterocycles. The number of rotatable bonds is 8. The lowest BCUT2D eigenvalue weighted by Gasteiger charge is -2.26. The van der Waals surface area contributed by atoms with Gasteiger partial charge in [0.25, 0.3) is 0 Å². The number of hydrogen-bond donors (Lipinski definition) is 2. The molecule has 2 rings (SSSR count). The van der Waals surface area contributed by atoms with Gasteiger partial charge in [-0.3, -0.25) is 0 Å². The minimum Gasteiger partial charge on any atom is -0.353 e. The van der Waals surface area contributed by atoms with Crippen LogP contribution in [0.1, 0.15) is 57.3 Å². The van der Waals surface area contributed by atoms with E-state index in [2.05, 4.69) is 36.1 Å². The van der Waals surface area contributed by atoms with Gasteiger partial charge in [0.05, 0.1) is 0 Å². The second kappa shape index (κ2) is 6.88. The molecule has 0 radical (unpaired) electrons. The number of hydrazine groups is 1. The number of aromatic nitrogens is 2. The van der Waals surface area contributed by atoms with Crippen molar-refractivity contribution in [3.8, 4) is 0 Å². The number of unbranched alkanes of at least 4 members (excludes halogenated alkanes) is 1. The van der Waals surface area contributed by atoms with Gasteiger partial charge in [-0.05, 0) is 32.6 Å². The fraction of sp³-hybridized carbons (Fsp3) is 0.733. The second-order valence-electron chi connectivity index (χ2n) is 5.61. The van der Waals surface area contributed by atoms with Crippen molar-refractivity contribution < 1.29 is 0 Å². The quantitative estimate of drug-likeness (QED) is 0.565. The largest absolute Gasteiger partial charge is 0.353 e. The smallest absolute Gasteiger partial charge is 0.148 e. The van der Waals surface area contributed by atoms with Gasteiger partial charge in [-0.1, -0.05) is 20.3 Å². The molecule has 0 saturated heterocycles. The Morgan fingerprint density at radius 2 is 2.00 bits per heavy atom. The van der Waals surface area contributed by atoms with Crippen LogP contribution in [0.3, 0.4) is 0 Å². The Hall–Kier alpha value is -1.36. The number of aryl methyl sites for hydroxylation is 1. The predicted octanol–water partition coefficient (Wildman–Crippen LogP) is 2.79. The highest BCUT2D eigenvalue weighted by Crippen LogP contribution is 2.34. The summed E-state index contributed by atoms with van der Waals surface area (Å²) in [6.45, 7) is 7.51. The van der Waals surface area contributed by atoms with Gasteiger partial charge in [0.15, 0.2) is 0 Å². The third kappa shape index (κ3) is 3.39. The van der Waals surface area contributed by atoms with E-state index in [-0.39, 0.29) is 0 Å². The van der Waals surface area contributed by atoms with E-state index in [9.17, 15) is 0 Å². The number of nitrogen functional groups attached to an aromatic ring is 1. The molecule has 1 aliphatic rings. The molecule has 0 aliphatic heterocycles. The molecular formula is C15H27N5. The van der Waals surface area contributed by atoms with Crippen molar-refractivity contribution in [2.75, 3.05) is 16.9 Å². The fourth-order valence-corrected chi connectivity index (χ4v) is 2.48. The highest BCUT2D eigenvalue weighted by molar-refractivity contribution is 5.59. The molecule has 1 fully saturated rings. The van der Waals surface area contributed by atoms with E-state index in [0.29, 0.717) is 6.04 Å². The summed E-state index contributed by atoms with van der Waals surface area (Å²) >= 11 is 0. The Labute approximate surface area is 121 Å². The Balaban J connectivity index is 2.32. The molecule has 5 nitrogen and oxygen atoms in total. The van der Waals surface area contributed by atoms with Gasteiger partial charge in [0.1, 0.15) is 17.5 Å². The molecular weight excluding hydrogens is 250 g/mol. The van der Waals surface area contributed by atoms with Crippen molar-refractivity contribution >= 4 is 11.6 Å². The molecule has 0 atom stereocenters. The Kier molecular flexibility index (Phi) is 5.17. The monoisotopic (exact) mass is 277 g/mol. The molecule has 20 heavy (non-hydrogen) atoms. The van der Waals surface area contributed by atoms with Gasteiger partial charge in [-0.25, -0.2) is 15.8 Å². The van der Waals surface area contributed by atoms with Crippen molar-refractivity contribution in [3.05, 3.63) is 11.4 Å². The Bertz CT molecular complexity index is 442. The minimum absolute atomic E-state index is 0.662. The number of hydrogen-bond acceptors (Lipinski definition) is 5. The topological polar surface area (TPSA) is 67.1 Å². The number of nitrogens with zero attached hydrogens (tertiary/aromatic N) is 3. The lowest BCUT2D eigenvalue weighted by molar-refractivity contribution is 0.695. The van der Waals surface area contributed by atoms with Crippen LogP contribution in [-0.2, 0) is 6.42 Å². The number of nitrogens with two attached hydrogens (primary N) is 1. The summed E-state index contributed by atoms with van der Waals surface area (Å²) in [4.78, 5) is 11.8. The Morgan fingerprint density at radius 3 is 2.55 bits per heavy atom. The van der Waals surface area contributed by atoms with Crippen LogP contribution in [0.15, 0.2) is 0 Å². The van der Waals surface area contributed by atoms with Crippen LogP contribution in [0.25, 0.3) is 0 Å². The van der Waals surface area contributed by atoms with Gasteiger partial charge in [0, 0.05) is 24.6 Å². The maximum atomic E-state index is 5.62. The summed E-state index contributed by atoms with van der Waals surface area (Å²) in [7, 11) is 0. The van der Waals surface area contributed by atoms with E-state index >= 15 is 0 Å². The first-order chi connectivity index (χ1) is 9.71. The average Bonchev–Trinajstić information content (AvgIpc) is 3.27. The van der Waals surface area contributed by atoms with Gasteiger partial charge >= 0.3 is 0 Å². The minimum atomic E-state index is 0.662.